The zero-order chi connectivity index (χ0) is 8.10. The highest BCUT2D eigenvalue weighted by Gasteiger charge is 1.95. The molecule has 0 atom stereocenters. The first-order valence-corrected chi connectivity index (χ1v) is 3.91. The molecule has 0 spiro atoms. The van der Waals surface area contributed by atoms with Gasteiger partial charge in [0, 0.05) is 0 Å². The van der Waals surface area contributed by atoms with Crippen molar-refractivity contribution in [3.63, 3.8) is 0 Å². The van der Waals surface area contributed by atoms with Crippen LogP contribution in [0, 0.1) is 0 Å². The normalized spacial score (nSPS) is 9.09. The highest BCUT2D eigenvalue weighted by molar-refractivity contribution is 6.00. The summed E-state index contributed by atoms with van der Waals surface area (Å²) in [6.07, 6.45) is 2.72. The van der Waals surface area contributed by atoms with Gasteiger partial charge in [-0.05, 0) is 18.1 Å². The number of rotatable bonds is 3. The van der Waals surface area contributed by atoms with Gasteiger partial charge in [-0.2, -0.15) is 0 Å². The van der Waals surface area contributed by atoms with Crippen molar-refractivity contribution in [1.29, 1.82) is 0 Å². The lowest BCUT2D eigenvalue weighted by molar-refractivity contribution is 0.608. The SMILES string of the molecule is C=CCc1ccccc1[O][Al]. The molecule has 1 aromatic rings. The van der Waals surface area contributed by atoms with Crippen molar-refractivity contribution in [1.82, 2.24) is 0 Å². The minimum atomic E-state index is 0.852. The van der Waals surface area contributed by atoms with Crippen molar-refractivity contribution < 1.29 is 3.79 Å². The van der Waals surface area contributed by atoms with Crippen molar-refractivity contribution in [2.75, 3.05) is 0 Å². The molecule has 0 unspecified atom stereocenters. The van der Waals surface area contributed by atoms with Crippen LogP contribution < -0.4 is 3.79 Å². The highest BCUT2D eigenvalue weighted by Crippen LogP contribution is 2.17. The van der Waals surface area contributed by atoms with Crippen molar-refractivity contribution in [3.8, 4) is 5.75 Å². The summed E-state index contributed by atoms with van der Waals surface area (Å²) in [4.78, 5) is 0. The molecular formula is C9H9AlO. The fraction of sp³-hybridized carbons (Fsp3) is 0.111. The highest BCUT2D eigenvalue weighted by atomic mass is 27.1. The molecule has 0 aliphatic rings. The second kappa shape index (κ2) is 4.23. The van der Waals surface area contributed by atoms with E-state index in [2.05, 4.69) is 23.2 Å². The molecule has 11 heavy (non-hydrogen) atoms. The Morgan fingerprint density at radius 3 is 2.82 bits per heavy atom. The van der Waals surface area contributed by atoms with Crippen LogP contribution in [0.1, 0.15) is 5.56 Å². The van der Waals surface area contributed by atoms with Gasteiger partial charge in [0.05, 0.1) is 5.75 Å². The van der Waals surface area contributed by atoms with Gasteiger partial charge in [0.15, 0.2) is 0 Å². The topological polar surface area (TPSA) is 9.23 Å². The second-order valence-electron chi connectivity index (χ2n) is 2.22. The van der Waals surface area contributed by atoms with Crippen LogP contribution in [0.3, 0.4) is 0 Å². The Morgan fingerprint density at radius 2 is 2.18 bits per heavy atom. The molecule has 0 saturated heterocycles. The molecule has 0 N–H and O–H groups in total. The van der Waals surface area contributed by atoms with E-state index in [1.807, 2.05) is 30.3 Å². The van der Waals surface area contributed by atoms with Gasteiger partial charge in [0.1, 0.15) is 0 Å². The van der Waals surface area contributed by atoms with Crippen molar-refractivity contribution in [3.05, 3.63) is 42.5 Å². The maximum absolute atomic E-state index is 5.07. The molecule has 0 aromatic heterocycles. The monoisotopic (exact) mass is 160 g/mol. The van der Waals surface area contributed by atoms with E-state index >= 15 is 0 Å². The fourth-order valence-corrected chi connectivity index (χ4v) is 1.17. The lowest BCUT2D eigenvalue weighted by Gasteiger charge is -2.07. The van der Waals surface area contributed by atoms with E-state index < -0.39 is 0 Å². The minimum absolute atomic E-state index is 0.852. The molecule has 1 rings (SSSR count). The Labute approximate surface area is 75.4 Å². The van der Waals surface area contributed by atoms with Crippen molar-refractivity contribution in [2.45, 2.75) is 6.42 Å². The molecule has 2 heteroatoms. The Bertz CT molecular complexity index is 245. The Morgan fingerprint density at radius 1 is 1.45 bits per heavy atom. The quantitative estimate of drug-likeness (QED) is 0.484. The maximum Gasteiger partial charge on any atom is 0.482 e. The summed E-state index contributed by atoms with van der Waals surface area (Å²) in [5.41, 5.74) is 1.16. The van der Waals surface area contributed by atoms with E-state index in [1.54, 1.807) is 0 Å². The van der Waals surface area contributed by atoms with Gasteiger partial charge in [0.2, 0.25) is 0 Å². The van der Waals surface area contributed by atoms with Crippen LogP contribution in [0.25, 0.3) is 0 Å². The lowest BCUT2D eigenvalue weighted by Crippen LogP contribution is -1.90. The summed E-state index contributed by atoms with van der Waals surface area (Å²) >= 11 is 2.24. The summed E-state index contributed by atoms with van der Waals surface area (Å²) in [7, 11) is 0. The summed E-state index contributed by atoms with van der Waals surface area (Å²) in [6, 6.07) is 7.91. The fourth-order valence-electron chi connectivity index (χ4n) is 0.943. The molecule has 2 radical (unpaired) electrons. The second-order valence-corrected chi connectivity index (χ2v) is 2.45. The third-order valence-electron chi connectivity index (χ3n) is 1.46. The largest absolute Gasteiger partial charge is 0.653 e. The number of hydrogen-bond donors (Lipinski definition) is 0. The smallest absolute Gasteiger partial charge is 0.482 e. The molecule has 1 nitrogen and oxygen atoms in total. The maximum atomic E-state index is 5.07. The van der Waals surface area contributed by atoms with E-state index in [0.29, 0.717) is 0 Å². The van der Waals surface area contributed by atoms with Crippen LogP contribution in [0.15, 0.2) is 36.9 Å². The zero-order valence-electron chi connectivity index (χ0n) is 6.29. The van der Waals surface area contributed by atoms with Gasteiger partial charge in [-0.1, -0.05) is 24.3 Å². The average Bonchev–Trinajstić information content (AvgIpc) is 2.06. The molecule has 0 fully saturated rings. The van der Waals surface area contributed by atoms with Gasteiger partial charge in [-0.15, -0.1) is 6.58 Å². The van der Waals surface area contributed by atoms with Crippen LogP contribution in [-0.4, -0.2) is 16.6 Å². The first-order chi connectivity index (χ1) is 5.38. The third-order valence-corrected chi connectivity index (χ3v) is 1.72. The minimum Gasteiger partial charge on any atom is -0.653 e. The lowest BCUT2D eigenvalue weighted by atomic mass is 10.1. The number of benzene rings is 1. The van der Waals surface area contributed by atoms with E-state index in [0.717, 1.165) is 17.7 Å². The molecule has 0 amide bonds. The standard InChI is InChI=1S/C9H10O.Al/c1-2-5-8-6-3-4-7-9(8)10;/h2-4,6-7,10H,1,5H2;/q;+1/p-1. The van der Waals surface area contributed by atoms with Crippen LogP contribution >= 0.6 is 0 Å². The summed E-state index contributed by atoms with van der Waals surface area (Å²) < 4.78 is 5.07. The van der Waals surface area contributed by atoms with Crippen LogP contribution in [0.4, 0.5) is 0 Å². The summed E-state index contributed by atoms with van der Waals surface area (Å²) in [5.74, 6) is 0.900. The molecule has 0 aliphatic heterocycles. The van der Waals surface area contributed by atoms with E-state index in [-0.39, 0.29) is 0 Å². The van der Waals surface area contributed by atoms with Crippen LogP contribution in [0.2, 0.25) is 0 Å². The predicted molar refractivity (Wildman–Crippen MR) is 46.7 cm³/mol. The van der Waals surface area contributed by atoms with E-state index in [1.165, 1.54) is 0 Å². The van der Waals surface area contributed by atoms with E-state index in [9.17, 15) is 0 Å². The van der Waals surface area contributed by atoms with E-state index in [4.69, 9.17) is 3.79 Å². The summed E-state index contributed by atoms with van der Waals surface area (Å²) in [5, 5.41) is 0. The Kier molecular flexibility index (Phi) is 3.23. The third kappa shape index (κ3) is 2.11. The molecule has 1 aromatic carbocycles. The number of hydrogen-bond acceptors (Lipinski definition) is 1. The molecule has 0 bridgehead atoms. The molecule has 0 saturated carbocycles. The molecule has 54 valence electrons. The number of para-hydroxylation sites is 1. The number of allylic oxidation sites excluding steroid dienone is 1. The molecule has 0 heterocycles. The van der Waals surface area contributed by atoms with Crippen molar-refractivity contribution >= 4 is 16.6 Å². The van der Waals surface area contributed by atoms with Crippen LogP contribution in [-0.2, 0) is 6.42 Å². The average molecular weight is 160 g/mol. The Hall–Kier alpha value is -0.708. The summed E-state index contributed by atoms with van der Waals surface area (Å²) in [6.45, 7) is 3.67. The van der Waals surface area contributed by atoms with Crippen molar-refractivity contribution in [2.24, 2.45) is 0 Å². The van der Waals surface area contributed by atoms with Gasteiger partial charge in [-0.25, -0.2) is 0 Å². The first kappa shape index (κ1) is 8.39. The van der Waals surface area contributed by atoms with Crippen LogP contribution in [0.5, 0.6) is 5.75 Å². The molecule has 0 aliphatic carbocycles. The predicted octanol–water partition coefficient (Wildman–Crippen LogP) is 1.88. The van der Waals surface area contributed by atoms with Gasteiger partial charge >= 0.3 is 16.6 Å². The van der Waals surface area contributed by atoms with Gasteiger partial charge in [-0.3, -0.25) is 0 Å². The van der Waals surface area contributed by atoms with Gasteiger partial charge < -0.3 is 3.79 Å². The van der Waals surface area contributed by atoms with Gasteiger partial charge in [0.25, 0.3) is 0 Å². The zero-order valence-corrected chi connectivity index (χ0v) is 7.44. The first-order valence-electron chi connectivity index (χ1n) is 3.44. The molecular weight excluding hydrogens is 151 g/mol. The Balaban J connectivity index is 2.92.